The molecular formula is C29H28F3N3O5. The van der Waals surface area contributed by atoms with Gasteiger partial charge >= 0.3 is 12.1 Å². The molecule has 0 saturated heterocycles. The van der Waals surface area contributed by atoms with Crippen LogP contribution >= 0.6 is 0 Å². The van der Waals surface area contributed by atoms with Gasteiger partial charge in [0.15, 0.2) is 6.10 Å². The third-order valence-corrected chi connectivity index (χ3v) is 5.96. The van der Waals surface area contributed by atoms with E-state index in [-0.39, 0.29) is 6.42 Å². The number of hydrogen-bond donors (Lipinski definition) is 0. The van der Waals surface area contributed by atoms with Gasteiger partial charge in [0.25, 0.3) is 0 Å². The number of fused-ring (bicyclic) bond motifs is 1. The fraction of sp³-hybridized carbons (Fsp3) is 0.276. The molecule has 0 aliphatic carbocycles. The number of methoxy groups -OCH3 is 1. The maximum Gasteiger partial charge on any atom is 0.411 e. The van der Waals surface area contributed by atoms with Crippen LogP contribution in [0.25, 0.3) is 11.0 Å². The first-order valence-electron chi connectivity index (χ1n) is 12.4. The van der Waals surface area contributed by atoms with Crippen molar-refractivity contribution in [1.29, 1.82) is 0 Å². The van der Waals surface area contributed by atoms with Gasteiger partial charge in [0, 0.05) is 35.3 Å². The van der Waals surface area contributed by atoms with Crippen molar-refractivity contribution in [1.82, 2.24) is 9.55 Å². The lowest BCUT2D eigenvalue weighted by molar-refractivity contribution is -0.193. The summed E-state index contributed by atoms with van der Waals surface area (Å²) in [6, 6.07) is 20.4. The zero-order valence-corrected chi connectivity index (χ0v) is 21.9. The van der Waals surface area contributed by atoms with Gasteiger partial charge in [0.05, 0.1) is 13.7 Å². The minimum absolute atomic E-state index is 0.0624. The maximum atomic E-state index is 12.5. The van der Waals surface area contributed by atoms with Gasteiger partial charge in [-0.3, -0.25) is 0 Å². The molecule has 8 nitrogen and oxygen atoms in total. The Hall–Kier alpha value is -4.38. The van der Waals surface area contributed by atoms with Crippen molar-refractivity contribution >= 4 is 22.7 Å². The first-order valence-corrected chi connectivity index (χ1v) is 12.4. The van der Waals surface area contributed by atoms with Gasteiger partial charge in [-0.15, -0.1) is 0 Å². The fourth-order valence-corrected chi connectivity index (χ4v) is 4.08. The van der Waals surface area contributed by atoms with E-state index in [2.05, 4.69) is 14.9 Å². The second-order valence-electron chi connectivity index (χ2n) is 8.77. The minimum atomic E-state index is -4.55. The van der Waals surface area contributed by atoms with Crippen molar-refractivity contribution in [2.75, 3.05) is 27.4 Å². The normalized spacial score (nSPS) is 12.8. The Morgan fingerprint density at radius 2 is 1.77 bits per heavy atom. The lowest BCUT2D eigenvalue weighted by Crippen LogP contribution is -2.32. The molecule has 210 valence electrons. The highest BCUT2D eigenvalue weighted by Gasteiger charge is 2.32. The molecule has 0 bridgehead atoms. The Balaban J connectivity index is 1.36. The summed E-state index contributed by atoms with van der Waals surface area (Å²) in [7, 11) is 2.61. The second-order valence-corrected chi connectivity index (χ2v) is 8.77. The van der Waals surface area contributed by atoms with E-state index in [4.69, 9.17) is 14.3 Å². The van der Waals surface area contributed by atoms with Gasteiger partial charge in [0.2, 0.25) is 0 Å². The van der Waals surface area contributed by atoms with Crippen LogP contribution < -0.4 is 4.74 Å². The van der Waals surface area contributed by atoms with E-state index in [9.17, 15) is 18.0 Å². The Morgan fingerprint density at radius 3 is 2.45 bits per heavy atom. The first-order chi connectivity index (χ1) is 19.3. The van der Waals surface area contributed by atoms with Crippen LogP contribution in [0.1, 0.15) is 16.7 Å². The predicted molar refractivity (Wildman–Crippen MR) is 142 cm³/mol. The summed E-state index contributed by atoms with van der Waals surface area (Å²) in [5.41, 5.74) is 3.82. The number of rotatable bonds is 12. The van der Waals surface area contributed by atoms with Crippen molar-refractivity contribution in [3.63, 3.8) is 0 Å². The number of pyridine rings is 1. The molecule has 1 unspecified atom stereocenters. The van der Waals surface area contributed by atoms with Crippen LogP contribution in [0.3, 0.4) is 0 Å². The Labute approximate surface area is 228 Å². The monoisotopic (exact) mass is 555 g/mol. The quantitative estimate of drug-likeness (QED) is 0.136. The van der Waals surface area contributed by atoms with Crippen molar-refractivity contribution in [2.24, 2.45) is 5.16 Å². The number of nitrogens with zero attached hydrogens (tertiary/aromatic N) is 3. The molecule has 4 rings (SSSR count). The van der Waals surface area contributed by atoms with Crippen LogP contribution in [-0.4, -0.2) is 60.9 Å². The lowest BCUT2D eigenvalue weighted by atomic mass is 10.0. The summed E-state index contributed by atoms with van der Waals surface area (Å²) in [5.74, 6) is -0.295. The summed E-state index contributed by atoms with van der Waals surface area (Å²) in [6.07, 6.45) is -2.29. The van der Waals surface area contributed by atoms with E-state index in [1.165, 1.54) is 7.11 Å². The second kappa shape index (κ2) is 13.1. The van der Waals surface area contributed by atoms with Crippen molar-refractivity contribution in [3.05, 3.63) is 95.8 Å². The van der Waals surface area contributed by atoms with Gasteiger partial charge in [-0.2, -0.15) is 13.2 Å². The van der Waals surface area contributed by atoms with Gasteiger partial charge in [-0.1, -0.05) is 47.6 Å². The molecule has 0 spiro atoms. The summed E-state index contributed by atoms with van der Waals surface area (Å²) >= 11 is 0. The lowest BCUT2D eigenvalue weighted by Gasteiger charge is -2.17. The smallest absolute Gasteiger partial charge is 0.411 e. The summed E-state index contributed by atoms with van der Waals surface area (Å²) in [4.78, 5) is 21.5. The largest absolute Gasteiger partial charge is 0.492 e. The van der Waals surface area contributed by atoms with E-state index in [1.807, 2.05) is 53.2 Å². The van der Waals surface area contributed by atoms with E-state index < -0.39 is 24.9 Å². The summed E-state index contributed by atoms with van der Waals surface area (Å²) in [6.45, 7) is -0.648. The Morgan fingerprint density at radius 1 is 1.02 bits per heavy atom. The van der Waals surface area contributed by atoms with Crippen molar-refractivity contribution in [2.45, 2.75) is 25.2 Å². The van der Waals surface area contributed by atoms with Crippen LogP contribution in [0, 0.1) is 0 Å². The van der Waals surface area contributed by atoms with Crippen LogP contribution in [0.2, 0.25) is 0 Å². The third-order valence-electron chi connectivity index (χ3n) is 5.96. The van der Waals surface area contributed by atoms with Crippen LogP contribution in [0.4, 0.5) is 13.2 Å². The van der Waals surface area contributed by atoms with Crippen LogP contribution in [0.15, 0.2) is 84.3 Å². The van der Waals surface area contributed by atoms with E-state index in [0.717, 1.165) is 29.3 Å². The number of benzene rings is 2. The molecule has 0 aliphatic rings. The molecule has 2 aromatic heterocycles. The van der Waals surface area contributed by atoms with Gasteiger partial charge in [0.1, 0.15) is 37.4 Å². The molecule has 40 heavy (non-hydrogen) atoms. The SMILES string of the molecule is CO/N=C(\c1ccccc1)c1cnc2c(ccn2CCOc2ccc(CC(OCC(F)(F)F)C(=O)OC)cc2)c1. The topological polar surface area (TPSA) is 84.2 Å². The zero-order chi connectivity index (χ0) is 28.5. The van der Waals surface area contributed by atoms with E-state index >= 15 is 0 Å². The number of aromatic nitrogens is 2. The summed E-state index contributed by atoms with van der Waals surface area (Å²) < 4.78 is 54.7. The number of halogens is 3. The molecule has 0 fully saturated rings. The minimum Gasteiger partial charge on any atom is -0.492 e. The van der Waals surface area contributed by atoms with Gasteiger partial charge < -0.3 is 23.6 Å². The number of ether oxygens (including phenoxy) is 3. The molecular weight excluding hydrogens is 527 g/mol. The molecule has 4 aromatic rings. The Bertz CT molecular complexity index is 1440. The summed E-state index contributed by atoms with van der Waals surface area (Å²) in [5, 5.41) is 5.13. The number of oxime groups is 1. The standard InChI is InChI=1S/C29H28F3N3O5/c1-37-28(36)25(40-19-29(30,31)32)16-20-8-10-24(11-9-20)39-15-14-35-13-12-22-17-23(18-33-27(22)35)26(34-38-2)21-6-4-3-5-7-21/h3-13,17-18,25H,14-16,19H2,1-2H3/b34-26+. The molecule has 0 N–H and O–H groups in total. The number of hydrogen-bond acceptors (Lipinski definition) is 7. The first kappa shape index (κ1) is 28.6. The van der Waals surface area contributed by atoms with E-state index in [1.54, 1.807) is 30.5 Å². The zero-order valence-electron chi connectivity index (χ0n) is 21.9. The molecule has 0 radical (unpaired) electrons. The molecule has 1 atom stereocenters. The average Bonchev–Trinajstić information content (AvgIpc) is 3.36. The number of alkyl halides is 3. The van der Waals surface area contributed by atoms with Crippen LogP contribution in [0.5, 0.6) is 5.75 Å². The molecule has 2 heterocycles. The Kier molecular flexibility index (Phi) is 9.39. The van der Waals surface area contributed by atoms with Crippen molar-refractivity contribution in [3.8, 4) is 5.75 Å². The predicted octanol–water partition coefficient (Wildman–Crippen LogP) is 5.18. The van der Waals surface area contributed by atoms with Crippen LogP contribution in [-0.2, 0) is 32.1 Å². The molecule has 0 saturated carbocycles. The molecule has 0 aliphatic heterocycles. The fourth-order valence-electron chi connectivity index (χ4n) is 4.08. The average molecular weight is 556 g/mol. The highest BCUT2D eigenvalue weighted by molar-refractivity contribution is 6.13. The number of carbonyl (C=O) groups excluding carboxylic acids is 1. The maximum absolute atomic E-state index is 12.5. The third kappa shape index (κ3) is 7.60. The number of carbonyl (C=O) groups is 1. The highest BCUT2D eigenvalue weighted by Crippen LogP contribution is 2.21. The van der Waals surface area contributed by atoms with Gasteiger partial charge in [-0.05, 0) is 29.8 Å². The molecule has 2 aromatic carbocycles. The van der Waals surface area contributed by atoms with Crippen molar-refractivity contribution < 1.29 is 37.0 Å². The molecule has 11 heteroatoms. The van der Waals surface area contributed by atoms with Gasteiger partial charge in [-0.25, -0.2) is 9.78 Å². The molecule has 0 amide bonds. The van der Waals surface area contributed by atoms with E-state index in [0.29, 0.717) is 30.2 Å². The number of esters is 1. The highest BCUT2D eigenvalue weighted by atomic mass is 19.4.